The molecule has 150 valence electrons. The minimum Gasteiger partial charge on any atom is -0.455 e. The Balaban J connectivity index is 1.67. The lowest BCUT2D eigenvalue weighted by Crippen LogP contribution is -1.97. The lowest BCUT2D eigenvalue weighted by Gasteiger charge is -2.09. The number of hydrogen-bond acceptors (Lipinski definition) is 4. The molecule has 3 heterocycles. The van der Waals surface area contributed by atoms with Gasteiger partial charge in [-0.05, 0) is 41.8 Å². The first kappa shape index (κ1) is 16.8. The predicted molar refractivity (Wildman–Crippen MR) is 123 cm³/mol. The Hall–Kier alpha value is -3.99. The lowest BCUT2D eigenvalue weighted by molar-refractivity contribution is 0.667. The van der Waals surface area contributed by atoms with Crippen molar-refractivity contribution in [1.29, 1.82) is 0 Å². The number of fused-ring (bicyclic) bond motifs is 4. The van der Waals surface area contributed by atoms with E-state index in [0.29, 0.717) is 5.65 Å². The molecule has 0 fully saturated rings. The van der Waals surface area contributed by atoms with Crippen LogP contribution in [0.15, 0.2) is 83.4 Å². The van der Waals surface area contributed by atoms with Crippen LogP contribution in [0.25, 0.3) is 50.2 Å². The molecule has 0 saturated heterocycles. The van der Waals surface area contributed by atoms with E-state index in [1.54, 1.807) is 6.20 Å². The molecule has 5 nitrogen and oxygen atoms in total. The number of rotatable bonds is 3. The van der Waals surface area contributed by atoms with Gasteiger partial charge >= 0.3 is 0 Å². The summed E-state index contributed by atoms with van der Waals surface area (Å²) in [7, 11) is 0. The normalized spacial score (nSPS) is 12.6. The quantitative estimate of drug-likeness (QED) is 0.337. The van der Waals surface area contributed by atoms with Gasteiger partial charge in [0, 0.05) is 17.8 Å². The maximum Gasteiger partial charge on any atom is 0.200 e. The third kappa shape index (κ3) is 2.74. The molecule has 31 heavy (non-hydrogen) atoms. The zero-order chi connectivity index (χ0) is 21.9. The van der Waals surface area contributed by atoms with Crippen LogP contribution in [0.2, 0.25) is 0 Å². The van der Waals surface area contributed by atoms with Crippen LogP contribution in [0.3, 0.4) is 0 Å². The van der Waals surface area contributed by atoms with E-state index in [0.717, 1.165) is 50.1 Å². The number of furan rings is 1. The summed E-state index contributed by atoms with van der Waals surface area (Å²) < 4.78 is 16.9. The van der Waals surface area contributed by atoms with Crippen LogP contribution in [0.5, 0.6) is 0 Å². The molecular weight excluding hydrogens is 384 g/mol. The van der Waals surface area contributed by atoms with Gasteiger partial charge in [0.25, 0.3) is 0 Å². The van der Waals surface area contributed by atoms with E-state index in [-0.39, 0.29) is 0 Å². The molecule has 3 aromatic heterocycles. The van der Waals surface area contributed by atoms with Gasteiger partial charge in [0.2, 0.25) is 5.65 Å². The Morgan fingerprint density at radius 2 is 1.81 bits per heavy atom. The molecule has 6 rings (SSSR count). The topological polar surface area (TPSA) is 56.7 Å². The van der Waals surface area contributed by atoms with Gasteiger partial charge in [-0.3, -0.25) is 4.57 Å². The van der Waals surface area contributed by atoms with Crippen molar-refractivity contribution in [2.45, 2.75) is 19.7 Å². The zero-order valence-electron chi connectivity index (χ0n) is 18.2. The molecule has 3 aromatic carbocycles. The van der Waals surface area contributed by atoms with E-state index in [1.165, 1.54) is 0 Å². The minimum atomic E-state index is -0.698. The molecule has 0 aliphatic heterocycles. The maximum atomic E-state index is 8.38. The molecule has 0 atom stereocenters. The molecule has 0 bridgehead atoms. The zero-order valence-corrected chi connectivity index (χ0v) is 17.2. The van der Waals surface area contributed by atoms with E-state index >= 15 is 0 Å². The molecule has 0 amide bonds. The summed E-state index contributed by atoms with van der Waals surface area (Å²) in [6.07, 6.45) is 1.68. The average molecular weight is 405 g/mol. The number of nitrogens with zero attached hydrogens (tertiary/aromatic N) is 4. The summed E-state index contributed by atoms with van der Waals surface area (Å²) in [5.41, 5.74) is 5.79. The van der Waals surface area contributed by atoms with Crippen molar-refractivity contribution in [3.63, 3.8) is 0 Å². The molecule has 0 N–H and O–H groups in total. The summed E-state index contributed by atoms with van der Waals surface area (Å²) in [6.45, 7) is 3.76. The van der Waals surface area contributed by atoms with E-state index in [4.69, 9.17) is 10.8 Å². The summed E-state index contributed by atoms with van der Waals surface area (Å²) in [4.78, 5) is 4.84. The number of para-hydroxylation sites is 2. The highest BCUT2D eigenvalue weighted by Gasteiger charge is 2.20. The van der Waals surface area contributed by atoms with Crippen molar-refractivity contribution in [2.75, 3.05) is 0 Å². The predicted octanol–water partition coefficient (Wildman–Crippen LogP) is 6.51. The number of benzene rings is 3. The highest BCUT2D eigenvalue weighted by atomic mass is 16.3. The van der Waals surface area contributed by atoms with Crippen molar-refractivity contribution in [3.8, 4) is 17.1 Å². The summed E-state index contributed by atoms with van der Waals surface area (Å²) in [6, 6.07) is 24.1. The molecule has 0 aliphatic rings. The van der Waals surface area contributed by atoms with Crippen LogP contribution in [0, 0.1) is 0 Å². The first-order chi connectivity index (χ1) is 15.5. The maximum absolute atomic E-state index is 8.38. The second kappa shape index (κ2) is 6.77. The molecule has 0 radical (unpaired) electrons. The van der Waals surface area contributed by atoms with Crippen molar-refractivity contribution in [1.82, 2.24) is 19.7 Å². The molecule has 0 spiro atoms. The van der Waals surface area contributed by atoms with Crippen molar-refractivity contribution in [2.24, 2.45) is 0 Å². The Bertz CT molecular complexity index is 1610. The number of imidazole rings is 1. The number of aromatic nitrogens is 4. The first-order valence-corrected chi connectivity index (χ1v) is 10.2. The van der Waals surface area contributed by atoms with Gasteiger partial charge in [0.05, 0.1) is 17.3 Å². The average Bonchev–Trinajstić information content (AvgIpc) is 3.37. The van der Waals surface area contributed by atoms with Gasteiger partial charge in [0.1, 0.15) is 11.2 Å². The SMILES string of the molecule is [2H]C(C)(C)c1ccc2c(c1)oc1c(-c3nc4nnccc4n3-c3ccccc3)cccc12. The van der Waals surface area contributed by atoms with Crippen LogP contribution >= 0.6 is 0 Å². The fourth-order valence-corrected chi connectivity index (χ4v) is 4.14. The third-order valence-corrected chi connectivity index (χ3v) is 5.68. The van der Waals surface area contributed by atoms with Crippen LogP contribution in [-0.2, 0) is 0 Å². The molecule has 0 unspecified atom stereocenters. The van der Waals surface area contributed by atoms with Crippen molar-refractivity contribution in [3.05, 3.63) is 84.6 Å². The third-order valence-electron chi connectivity index (χ3n) is 5.68. The molecule has 0 saturated carbocycles. The molecule has 5 heteroatoms. The summed E-state index contributed by atoms with van der Waals surface area (Å²) in [5.74, 6) is 0.0491. The monoisotopic (exact) mass is 405 g/mol. The molecular formula is C26H20N4O. The molecule has 0 aliphatic carbocycles. The van der Waals surface area contributed by atoms with E-state index < -0.39 is 5.89 Å². The summed E-state index contributed by atoms with van der Waals surface area (Å²) in [5, 5.41) is 10.3. The smallest absolute Gasteiger partial charge is 0.200 e. The van der Waals surface area contributed by atoms with Crippen molar-refractivity contribution >= 4 is 33.1 Å². The minimum absolute atomic E-state index is 0.581. The van der Waals surface area contributed by atoms with Gasteiger partial charge in [-0.15, -0.1) is 5.10 Å². The van der Waals surface area contributed by atoms with E-state index in [2.05, 4.69) is 20.8 Å². The van der Waals surface area contributed by atoms with Gasteiger partial charge in [0.15, 0.2) is 5.82 Å². The lowest BCUT2D eigenvalue weighted by atomic mass is 10.0. The van der Waals surface area contributed by atoms with Crippen LogP contribution in [0.1, 0.15) is 26.7 Å². The van der Waals surface area contributed by atoms with Crippen LogP contribution in [-0.4, -0.2) is 19.7 Å². The van der Waals surface area contributed by atoms with Crippen molar-refractivity contribution < 1.29 is 5.79 Å². The Kier molecular flexibility index (Phi) is 3.66. The van der Waals surface area contributed by atoms with Crippen LogP contribution in [0.4, 0.5) is 0 Å². The fourth-order valence-electron chi connectivity index (χ4n) is 4.14. The second-order valence-corrected chi connectivity index (χ2v) is 7.84. The first-order valence-electron chi connectivity index (χ1n) is 10.7. The Morgan fingerprint density at radius 3 is 2.65 bits per heavy atom. The Morgan fingerprint density at radius 1 is 0.935 bits per heavy atom. The highest BCUT2D eigenvalue weighted by Crippen LogP contribution is 2.38. The summed E-state index contributed by atoms with van der Waals surface area (Å²) >= 11 is 0. The molecule has 6 aromatic rings. The largest absolute Gasteiger partial charge is 0.455 e. The number of hydrogen-bond donors (Lipinski definition) is 0. The fraction of sp³-hybridized carbons (Fsp3) is 0.115. The van der Waals surface area contributed by atoms with Gasteiger partial charge < -0.3 is 4.42 Å². The van der Waals surface area contributed by atoms with Gasteiger partial charge in [-0.25, -0.2) is 4.98 Å². The van der Waals surface area contributed by atoms with E-state index in [1.807, 2.05) is 80.6 Å². The van der Waals surface area contributed by atoms with Crippen LogP contribution < -0.4 is 0 Å². The Labute approximate surface area is 180 Å². The van der Waals surface area contributed by atoms with E-state index in [9.17, 15) is 0 Å². The highest BCUT2D eigenvalue weighted by molar-refractivity contribution is 6.09. The second-order valence-electron chi connectivity index (χ2n) is 7.84. The standard InChI is InChI=1S/C26H20N4O/c1-16(2)17-11-12-19-20-9-6-10-21(24(20)31-23(19)15-17)26-28-25-22(13-14-27-29-25)30(26)18-7-4-3-5-8-18/h3-16H,1-2H3/i16D. The van der Waals surface area contributed by atoms with Gasteiger partial charge in [-0.2, -0.15) is 5.10 Å². The van der Waals surface area contributed by atoms with Gasteiger partial charge in [-0.1, -0.05) is 56.3 Å².